The fraction of sp³-hybridized carbons (Fsp3) is 0.786. The van der Waals surface area contributed by atoms with Gasteiger partial charge in [0.05, 0.1) is 6.54 Å². The fourth-order valence-corrected chi connectivity index (χ4v) is 3.43. The number of likely N-dealkylation sites (tertiary alicyclic amines) is 1. The summed E-state index contributed by atoms with van der Waals surface area (Å²) in [6, 6.07) is 0.772. The number of aromatic nitrogens is 2. The van der Waals surface area contributed by atoms with E-state index in [4.69, 9.17) is 0 Å². The van der Waals surface area contributed by atoms with E-state index >= 15 is 0 Å². The molecule has 2 atom stereocenters. The zero-order valence-corrected chi connectivity index (χ0v) is 11.3. The van der Waals surface area contributed by atoms with Crippen LogP contribution in [0.3, 0.4) is 0 Å². The standard InChI is InChI=1S/C14H24N4/c1-17-9-7-16-14(17)11-18-8-3-4-12(10-18)13-5-2-6-15-13/h7,9,12-13,15H,2-6,8,10-11H2,1H3. The van der Waals surface area contributed by atoms with Crippen LogP contribution in [0.1, 0.15) is 31.5 Å². The van der Waals surface area contributed by atoms with Gasteiger partial charge in [-0.2, -0.15) is 0 Å². The van der Waals surface area contributed by atoms with Crippen molar-refractivity contribution in [3.8, 4) is 0 Å². The molecule has 2 fully saturated rings. The van der Waals surface area contributed by atoms with Crippen LogP contribution in [0.5, 0.6) is 0 Å². The van der Waals surface area contributed by atoms with Gasteiger partial charge in [-0.05, 0) is 44.7 Å². The molecule has 2 aliphatic heterocycles. The van der Waals surface area contributed by atoms with Gasteiger partial charge in [-0.3, -0.25) is 4.90 Å². The van der Waals surface area contributed by atoms with Crippen LogP contribution in [-0.2, 0) is 13.6 Å². The van der Waals surface area contributed by atoms with Crippen molar-refractivity contribution < 1.29 is 0 Å². The molecular formula is C14H24N4. The van der Waals surface area contributed by atoms with E-state index < -0.39 is 0 Å². The molecule has 100 valence electrons. The number of nitrogens with one attached hydrogen (secondary N) is 1. The first kappa shape index (κ1) is 12.2. The fourth-order valence-electron chi connectivity index (χ4n) is 3.43. The van der Waals surface area contributed by atoms with Crippen LogP contribution in [0.2, 0.25) is 0 Å². The minimum absolute atomic E-state index is 0.772. The van der Waals surface area contributed by atoms with Gasteiger partial charge in [0.25, 0.3) is 0 Å². The van der Waals surface area contributed by atoms with Gasteiger partial charge in [0.2, 0.25) is 0 Å². The Morgan fingerprint density at radius 3 is 3.06 bits per heavy atom. The Kier molecular flexibility index (Phi) is 3.66. The maximum Gasteiger partial charge on any atom is 0.122 e. The molecule has 3 heterocycles. The number of piperidine rings is 1. The zero-order chi connectivity index (χ0) is 12.4. The lowest BCUT2D eigenvalue weighted by Gasteiger charge is -2.35. The van der Waals surface area contributed by atoms with E-state index in [1.54, 1.807) is 0 Å². The van der Waals surface area contributed by atoms with Crippen LogP contribution in [0, 0.1) is 5.92 Å². The molecule has 1 aromatic heterocycles. The summed E-state index contributed by atoms with van der Waals surface area (Å²) in [6.45, 7) is 4.70. The van der Waals surface area contributed by atoms with Crippen molar-refractivity contribution >= 4 is 0 Å². The molecule has 0 saturated carbocycles. The summed E-state index contributed by atoms with van der Waals surface area (Å²) in [4.78, 5) is 7.02. The Labute approximate surface area is 109 Å². The Balaban J connectivity index is 1.58. The third kappa shape index (κ3) is 2.59. The number of hydrogen-bond acceptors (Lipinski definition) is 3. The summed E-state index contributed by atoms with van der Waals surface area (Å²) in [5.74, 6) is 2.04. The van der Waals surface area contributed by atoms with E-state index in [-0.39, 0.29) is 0 Å². The number of rotatable bonds is 3. The van der Waals surface area contributed by atoms with Gasteiger partial charge in [-0.15, -0.1) is 0 Å². The van der Waals surface area contributed by atoms with E-state index in [2.05, 4.69) is 26.8 Å². The number of imidazole rings is 1. The van der Waals surface area contributed by atoms with Crippen LogP contribution in [0.15, 0.2) is 12.4 Å². The maximum absolute atomic E-state index is 4.44. The summed E-state index contributed by atoms with van der Waals surface area (Å²) in [7, 11) is 2.09. The van der Waals surface area contributed by atoms with Crippen LogP contribution < -0.4 is 5.32 Å². The van der Waals surface area contributed by atoms with Crippen LogP contribution >= 0.6 is 0 Å². The SMILES string of the molecule is Cn1ccnc1CN1CCCC(C2CCCN2)C1. The van der Waals surface area contributed by atoms with Gasteiger partial charge >= 0.3 is 0 Å². The molecule has 2 aliphatic rings. The quantitative estimate of drug-likeness (QED) is 0.877. The lowest BCUT2D eigenvalue weighted by molar-refractivity contribution is 0.141. The second kappa shape index (κ2) is 5.41. The van der Waals surface area contributed by atoms with Gasteiger partial charge in [0, 0.05) is 32.0 Å². The van der Waals surface area contributed by atoms with Crippen molar-refractivity contribution in [2.75, 3.05) is 19.6 Å². The molecule has 0 radical (unpaired) electrons. The Hall–Kier alpha value is -0.870. The second-order valence-corrected chi connectivity index (χ2v) is 5.79. The third-order valence-electron chi connectivity index (χ3n) is 4.50. The molecule has 0 bridgehead atoms. The van der Waals surface area contributed by atoms with Crippen molar-refractivity contribution in [2.45, 2.75) is 38.3 Å². The second-order valence-electron chi connectivity index (χ2n) is 5.79. The van der Waals surface area contributed by atoms with E-state index in [0.29, 0.717) is 0 Å². The van der Waals surface area contributed by atoms with Gasteiger partial charge < -0.3 is 9.88 Å². The van der Waals surface area contributed by atoms with Crippen molar-refractivity contribution in [3.63, 3.8) is 0 Å². The summed E-state index contributed by atoms with van der Waals surface area (Å²) < 4.78 is 2.14. The van der Waals surface area contributed by atoms with Gasteiger partial charge in [-0.1, -0.05) is 0 Å². The average Bonchev–Trinajstić information content (AvgIpc) is 3.02. The zero-order valence-electron chi connectivity index (χ0n) is 11.3. The summed E-state index contributed by atoms with van der Waals surface area (Å²) in [6.07, 6.45) is 9.41. The molecule has 3 rings (SSSR count). The topological polar surface area (TPSA) is 33.1 Å². The smallest absolute Gasteiger partial charge is 0.122 e. The third-order valence-corrected chi connectivity index (χ3v) is 4.50. The number of aryl methyl sites for hydroxylation is 1. The first-order chi connectivity index (χ1) is 8.83. The number of hydrogen-bond donors (Lipinski definition) is 1. The van der Waals surface area contributed by atoms with Crippen LogP contribution in [0.4, 0.5) is 0 Å². The molecule has 1 N–H and O–H groups in total. The highest BCUT2D eigenvalue weighted by Crippen LogP contribution is 2.25. The Morgan fingerprint density at radius 1 is 1.39 bits per heavy atom. The molecule has 2 unspecified atom stereocenters. The largest absolute Gasteiger partial charge is 0.337 e. The van der Waals surface area contributed by atoms with E-state index in [1.807, 2.05) is 12.4 Å². The first-order valence-corrected chi connectivity index (χ1v) is 7.25. The molecule has 0 amide bonds. The Bertz CT molecular complexity index is 381. The summed E-state index contributed by atoms with van der Waals surface area (Å²) in [5, 5.41) is 3.67. The Morgan fingerprint density at radius 2 is 2.33 bits per heavy atom. The molecule has 4 heteroatoms. The minimum atomic E-state index is 0.772. The van der Waals surface area contributed by atoms with Crippen LogP contribution in [0.25, 0.3) is 0 Å². The maximum atomic E-state index is 4.44. The molecule has 2 saturated heterocycles. The van der Waals surface area contributed by atoms with Crippen molar-refractivity contribution in [1.29, 1.82) is 0 Å². The monoisotopic (exact) mass is 248 g/mol. The molecule has 0 aromatic carbocycles. The van der Waals surface area contributed by atoms with Gasteiger partial charge in [-0.25, -0.2) is 4.98 Å². The average molecular weight is 248 g/mol. The predicted molar refractivity (Wildman–Crippen MR) is 72.2 cm³/mol. The molecular weight excluding hydrogens is 224 g/mol. The normalized spacial score (nSPS) is 29.8. The van der Waals surface area contributed by atoms with E-state index in [0.717, 1.165) is 18.5 Å². The lowest BCUT2D eigenvalue weighted by Crippen LogP contribution is -2.43. The van der Waals surface area contributed by atoms with Crippen molar-refractivity contribution in [2.24, 2.45) is 13.0 Å². The summed E-state index contributed by atoms with van der Waals surface area (Å²) >= 11 is 0. The lowest BCUT2D eigenvalue weighted by atomic mass is 9.90. The predicted octanol–water partition coefficient (Wildman–Crippen LogP) is 1.38. The van der Waals surface area contributed by atoms with Crippen LogP contribution in [-0.4, -0.2) is 40.1 Å². The van der Waals surface area contributed by atoms with Crippen molar-refractivity contribution in [1.82, 2.24) is 19.8 Å². The van der Waals surface area contributed by atoms with Crippen molar-refractivity contribution in [3.05, 3.63) is 18.2 Å². The highest BCUT2D eigenvalue weighted by molar-refractivity contribution is 4.93. The molecule has 0 spiro atoms. The number of nitrogens with zero attached hydrogens (tertiary/aromatic N) is 3. The minimum Gasteiger partial charge on any atom is -0.337 e. The highest BCUT2D eigenvalue weighted by atomic mass is 15.2. The van der Waals surface area contributed by atoms with Gasteiger partial charge in [0.1, 0.15) is 5.82 Å². The molecule has 0 aliphatic carbocycles. The highest BCUT2D eigenvalue weighted by Gasteiger charge is 2.29. The first-order valence-electron chi connectivity index (χ1n) is 7.25. The molecule has 18 heavy (non-hydrogen) atoms. The summed E-state index contributed by atoms with van der Waals surface area (Å²) in [5.41, 5.74) is 0. The van der Waals surface area contributed by atoms with E-state index in [9.17, 15) is 0 Å². The van der Waals surface area contributed by atoms with E-state index in [1.165, 1.54) is 51.1 Å². The molecule has 4 nitrogen and oxygen atoms in total. The van der Waals surface area contributed by atoms with Gasteiger partial charge in [0.15, 0.2) is 0 Å². The molecule has 1 aromatic rings.